The molecule has 3 heteroatoms. The Morgan fingerprint density at radius 3 is 2.78 bits per heavy atom. The molecular weight excluding hydrogens is 116 g/mol. The lowest BCUT2D eigenvalue weighted by Gasteiger charge is -2.08. The second-order valence-corrected chi connectivity index (χ2v) is 2.51. The van der Waals surface area contributed by atoms with Gasteiger partial charge in [0, 0.05) is 26.2 Å². The summed E-state index contributed by atoms with van der Waals surface area (Å²) >= 11 is 0. The number of hydrogen-bond acceptors (Lipinski definition) is 3. The van der Waals surface area contributed by atoms with Gasteiger partial charge in [-0.1, -0.05) is 0 Å². The topological polar surface area (TPSA) is 35.3 Å². The van der Waals surface area contributed by atoms with Gasteiger partial charge in [0.05, 0.1) is 6.10 Å². The fourth-order valence-corrected chi connectivity index (χ4v) is 0.852. The highest BCUT2D eigenvalue weighted by molar-refractivity contribution is 4.76. The van der Waals surface area contributed by atoms with Crippen LogP contribution in [0.25, 0.3) is 0 Å². The van der Waals surface area contributed by atoms with E-state index in [0.717, 1.165) is 6.54 Å². The summed E-state index contributed by atoms with van der Waals surface area (Å²) in [6.45, 7) is 3.87. The van der Waals surface area contributed by atoms with Gasteiger partial charge in [-0.25, -0.2) is 0 Å². The molecule has 1 saturated heterocycles. The number of nitrogens with zero attached hydrogens (tertiary/aromatic N) is 1. The number of rotatable bonds is 4. The van der Waals surface area contributed by atoms with E-state index in [4.69, 9.17) is 5.11 Å². The maximum atomic E-state index is 9.16. The quantitative estimate of drug-likeness (QED) is 0.473. The minimum atomic E-state index is -0.183. The Morgan fingerprint density at radius 1 is 1.67 bits per heavy atom. The fraction of sp³-hybridized carbons (Fsp3) is 1.00. The number of aliphatic hydroxyl groups excluding tert-OH is 1. The molecule has 1 aliphatic heterocycles. The zero-order chi connectivity index (χ0) is 6.69. The molecule has 0 aromatic carbocycles. The summed E-state index contributed by atoms with van der Waals surface area (Å²) in [5.41, 5.74) is 0. The van der Waals surface area contributed by atoms with Gasteiger partial charge in [-0.2, -0.15) is 0 Å². The van der Waals surface area contributed by atoms with E-state index in [0.29, 0.717) is 6.54 Å². The van der Waals surface area contributed by atoms with Crippen LogP contribution in [0, 0.1) is 0 Å². The lowest BCUT2D eigenvalue weighted by Crippen LogP contribution is -2.29. The second kappa shape index (κ2) is 3.15. The molecule has 0 amide bonds. The largest absolute Gasteiger partial charge is 0.390 e. The molecule has 0 aliphatic carbocycles. The molecular formula is C6H14N2O. The molecule has 0 radical (unpaired) electrons. The molecule has 0 saturated carbocycles. The van der Waals surface area contributed by atoms with Gasteiger partial charge in [-0.3, -0.25) is 4.90 Å². The van der Waals surface area contributed by atoms with Crippen LogP contribution in [0.4, 0.5) is 0 Å². The van der Waals surface area contributed by atoms with Gasteiger partial charge in [0.1, 0.15) is 0 Å². The molecule has 0 spiro atoms. The summed E-state index contributed by atoms with van der Waals surface area (Å²) in [5.74, 6) is 0. The van der Waals surface area contributed by atoms with E-state index < -0.39 is 0 Å². The Bertz CT molecular complexity index is 83.1. The third-order valence-corrected chi connectivity index (χ3v) is 1.45. The van der Waals surface area contributed by atoms with Gasteiger partial charge in [0.2, 0.25) is 0 Å². The van der Waals surface area contributed by atoms with Crippen LogP contribution in [0.2, 0.25) is 0 Å². The Hall–Kier alpha value is -0.120. The Morgan fingerprint density at radius 2 is 2.33 bits per heavy atom. The standard InChI is InChI=1S/C6H14N2O/c1-7-4-6(9)5-8-2-3-8/h6-7,9H,2-5H2,1H3. The summed E-state index contributed by atoms with van der Waals surface area (Å²) in [6, 6.07) is 0. The Labute approximate surface area is 55.7 Å². The minimum absolute atomic E-state index is 0.183. The van der Waals surface area contributed by atoms with Crippen LogP contribution in [-0.2, 0) is 0 Å². The molecule has 54 valence electrons. The summed E-state index contributed by atoms with van der Waals surface area (Å²) in [4.78, 5) is 2.21. The average Bonchev–Trinajstić information content (AvgIpc) is 2.50. The second-order valence-electron chi connectivity index (χ2n) is 2.51. The van der Waals surface area contributed by atoms with Gasteiger partial charge >= 0.3 is 0 Å². The first-order chi connectivity index (χ1) is 4.33. The van der Waals surface area contributed by atoms with Crippen LogP contribution in [0.15, 0.2) is 0 Å². The highest BCUT2D eigenvalue weighted by Gasteiger charge is 2.19. The van der Waals surface area contributed by atoms with E-state index >= 15 is 0 Å². The number of aliphatic hydroxyl groups is 1. The van der Waals surface area contributed by atoms with Gasteiger partial charge in [0.25, 0.3) is 0 Å². The summed E-state index contributed by atoms with van der Waals surface area (Å²) in [5, 5.41) is 12.1. The van der Waals surface area contributed by atoms with E-state index in [1.54, 1.807) is 0 Å². The van der Waals surface area contributed by atoms with Gasteiger partial charge in [0.15, 0.2) is 0 Å². The predicted molar refractivity (Wildman–Crippen MR) is 36.4 cm³/mol. The van der Waals surface area contributed by atoms with Crippen LogP contribution in [-0.4, -0.2) is 49.3 Å². The molecule has 1 aliphatic rings. The first-order valence-electron chi connectivity index (χ1n) is 3.38. The average molecular weight is 130 g/mol. The highest BCUT2D eigenvalue weighted by Crippen LogP contribution is 2.02. The maximum absolute atomic E-state index is 9.16. The van der Waals surface area contributed by atoms with E-state index in [9.17, 15) is 0 Å². The summed E-state index contributed by atoms with van der Waals surface area (Å²) in [6.07, 6.45) is -0.183. The van der Waals surface area contributed by atoms with Crippen LogP contribution in [0.3, 0.4) is 0 Å². The zero-order valence-electron chi connectivity index (χ0n) is 5.80. The lowest BCUT2D eigenvalue weighted by molar-refractivity contribution is 0.154. The molecule has 0 aromatic heterocycles. The van der Waals surface area contributed by atoms with E-state index in [-0.39, 0.29) is 6.10 Å². The molecule has 3 nitrogen and oxygen atoms in total. The highest BCUT2D eigenvalue weighted by atomic mass is 16.3. The third kappa shape index (κ3) is 2.79. The number of nitrogens with one attached hydrogen (secondary N) is 1. The third-order valence-electron chi connectivity index (χ3n) is 1.45. The summed E-state index contributed by atoms with van der Waals surface area (Å²) in [7, 11) is 1.85. The number of hydrogen-bond donors (Lipinski definition) is 2. The van der Waals surface area contributed by atoms with Gasteiger partial charge < -0.3 is 10.4 Å². The number of likely N-dealkylation sites (N-methyl/N-ethyl adjacent to an activating group) is 1. The molecule has 1 atom stereocenters. The van der Waals surface area contributed by atoms with Crippen molar-refractivity contribution in [3.05, 3.63) is 0 Å². The molecule has 0 bridgehead atoms. The van der Waals surface area contributed by atoms with E-state index in [1.807, 2.05) is 7.05 Å². The van der Waals surface area contributed by atoms with E-state index in [2.05, 4.69) is 10.2 Å². The first kappa shape index (κ1) is 6.99. The maximum Gasteiger partial charge on any atom is 0.0791 e. The molecule has 1 unspecified atom stereocenters. The van der Waals surface area contributed by atoms with E-state index in [1.165, 1.54) is 13.1 Å². The molecule has 1 rings (SSSR count). The molecule has 9 heavy (non-hydrogen) atoms. The van der Waals surface area contributed by atoms with Crippen LogP contribution in [0.1, 0.15) is 0 Å². The van der Waals surface area contributed by atoms with Gasteiger partial charge in [-0.15, -0.1) is 0 Å². The normalized spacial score (nSPS) is 22.0. The SMILES string of the molecule is CNCC(O)CN1CC1. The van der Waals surface area contributed by atoms with Crippen molar-refractivity contribution in [3.8, 4) is 0 Å². The van der Waals surface area contributed by atoms with Crippen molar-refractivity contribution in [3.63, 3.8) is 0 Å². The minimum Gasteiger partial charge on any atom is -0.390 e. The molecule has 0 aromatic rings. The smallest absolute Gasteiger partial charge is 0.0791 e. The van der Waals surface area contributed by atoms with Crippen LogP contribution in [0.5, 0.6) is 0 Å². The van der Waals surface area contributed by atoms with Crippen molar-refractivity contribution in [2.45, 2.75) is 6.10 Å². The predicted octanol–water partition coefficient (Wildman–Crippen LogP) is -1.12. The summed E-state index contributed by atoms with van der Waals surface area (Å²) < 4.78 is 0. The first-order valence-corrected chi connectivity index (χ1v) is 3.38. The van der Waals surface area contributed by atoms with Crippen LogP contribution >= 0.6 is 0 Å². The Kier molecular flexibility index (Phi) is 2.45. The molecule has 2 N–H and O–H groups in total. The molecule has 1 heterocycles. The van der Waals surface area contributed by atoms with Gasteiger partial charge in [-0.05, 0) is 7.05 Å². The van der Waals surface area contributed by atoms with Crippen molar-refractivity contribution >= 4 is 0 Å². The van der Waals surface area contributed by atoms with Crippen molar-refractivity contribution in [1.29, 1.82) is 0 Å². The van der Waals surface area contributed by atoms with Crippen molar-refractivity contribution in [2.24, 2.45) is 0 Å². The molecule has 1 fully saturated rings. The van der Waals surface area contributed by atoms with Crippen molar-refractivity contribution < 1.29 is 5.11 Å². The zero-order valence-corrected chi connectivity index (χ0v) is 5.80. The van der Waals surface area contributed by atoms with Crippen LogP contribution < -0.4 is 5.32 Å². The fourth-order valence-electron chi connectivity index (χ4n) is 0.852. The lowest BCUT2D eigenvalue weighted by atomic mass is 10.3. The monoisotopic (exact) mass is 130 g/mol. The Balaban J connectivity index is 1.95. The number of β-amino-alcohol motifs (C(OH)–C–C–N with tert-alkyl or cyclic N) is 1. The van der Waals surface area contributed by atoms with Crippen molar-refractivity contribution in [2.75, 3.05) is 33.2 Å². The van der Waals surface area contributed by atoms with Crippen molar-refractivity contribution in [1.82, 2.24) is 10.2 Å².